The molecule has 3 fully saturated rings. The minimum absolute atomic E-state index is 0.00269. The quantitative estimate of drug-likeness (QED) is 0.681. The first-order chi connectivity index (χ1) is 11.7. The van der Waals surface area contributed by atoms with Crippen LogP contribution in [0.1, 0.15) is 6.42 Å². The molecule has 1 N–H and O–H groups in total. The number of rotatable bonds is 4. The van der Waals surface area contributed by atoms with Crippen molar-refractivity contribution in [1.82, 2.24) is 4.90 Å². The van der Waals surface area contributed by atoms with Gasteiger partial charge in [-0.1, -0.05) is 24.3 Å². The third-order valence-corrected chi connectivity index (χ3v) is 6.29. The van der Waals surface area contributed by atoms with Crippen molar-refractivity contribution >= 4 is 17.5 Å². The number of ether oxygens (including phenoxy) is 1. The summed E-state index contributed by atoms with van der Waals surface area (Å²) in [7, 11) is 1.61. The Hall–Kier alpha value is -2.30. The average molecular weight is 324 g/mol. The number of benzene rings is 1. The van der Waals surface area contributed by atoms with Gasteiger partial charge < -0.3 is 10.1 Å². The van der Waals surface area contributed by atoms with Crippen molar-refractivity contribution in [3.8, 4) is 5.75 Å². The van der Waals surface area contributed by atoms with Gasteiger partial charge in [-0.05, 0) is 42.2 Å². The lowest BCUT2D eigenvalue weighted by atomic mass is 9.63. The Bertz CT molecular complexity index is 723. The van der Waals surface area contributed by atoms with E-state index in [-0.39, 0.29) is 42.2 Å². The molecule has 1 aliphatic heterocycles. The predicted molar refractivity (Wildman–Crippen MR) is 88.0 cm³/mol. The Balaban J connectivity index is 1.37. The SMILES string of the molecule is COc1ccccc1NCN1C(=O)[C@H]2[C@@H]3C=C[C@H]([C@@H]4C[C@H]34)[C@@H]2C1=O. The molecule has 1 aromatic rings. The minimum Gasteiger partial charge on any atom is -0.495 e. The second kappa shape index (κ2) is 4.85. The standard InChI is InChI=1S/C19H20N2O3/c1-24-15-5-3-2-4-14(15)20-9-21-18(22)16-10-6-7-11(13-8-12(10)13)17(16)19(21)23/h2-7,10-13,16-17,20H,8-9H2,1H3/t10-,11-,12-,13+,16+,17+/m1/s1. The summed E-state index contributed by atoms with van der Waals surface area (Å²) in [6.45, 7) is 0.208. The zero-order valence-electron chi connectivity index (χ0n) is 13.5. The Morgan fingerprint density at radius 1 is 1.08 bits per heavy atom. The van der Waals surface area contributed by atoms with E-state index in [9.17, 15) is 9.59 Å². The molecule has 2 amide bonds. The van der Waals surface area contributed by atoms with E-state index in [1.165, 1.54) is 11.3 Å². The lowest BCUT2D eigenvalue weighted by Gasteiger charge is -2.37. The van der Waals surface area contributed by atoms with Gasteiger partial charge in [-0.3, -0.25) is 14.5 Å². The number of imide groups is 1. The Labute approximate surface area is 140 Å². The number of methoxy groups -OCH3 is 1. The van der Waals surface area contributed by atoms with Crippen LogP contribution in [0, 0.1) is 35.5 Å². The van der Waals surface area contributed by atoms with Crippen molar-refractivity contribution in [3.63, 3.8) is 0 Å². The van der Waals surface area contributed by atoms with Crippen LogP contribution in [0.25, 0.3) is 0 Å². The van der Waals surface area contributed by atoms with Gasteiger partial charge in [-0.2, -0.15) is 0 Å². The summed E-state index contributed by atoms with van der Waals surface area (Å²) in [5, 5.41) is 3.19. The fourth-order valence-electron chi connectivity index (χ4n) is 5.13. The number of nitrogens with one attached hydrogen (secondary N) is 1. The van der Waals surface area contributed by atoms with Crippen LogP contribution in [0.4, 0.5) is 5.69 Å². The molecule has 0 spiro atoms. The molecule has 1 aromatic carbocycles. The van der Waals surface area contributed by atoms with E-state index < -0.39 is 0 Å². The summed E-state index contributed by atoms with van der Waals surface area (Å²) < 4.78 is 5.31. The number of carbonyl (C=O) groups excluding carboxylic acids is 2. The van der Waals surface area contributed by atoms with Crippen LogP contribution < -0.4 is 10.1 Å². The van der Waals surface area contributed by atoms with Crippen molar-refractivity contribution in [2.24, 2.45) is 35.5 Å². The van der Waals surface area contributed by atoms with Gasteiger partial charge in [0.2, 0.25) is 11.8 Å². The third kappa shape index (κ3) is 1.75. The van der Waals surface area contributed by atoms with E-state index in [0.29, 0.717) is 17.6 Å². The van der Waals surface area contributed by atoms with Crippen molar-refractivity contribution in [2.75, 3.05) is 19.1 Å². The van der Waals surface area contributed by atoms with Gasteiger partial charge in [0.05, 0.1) is 31.3 Å². The maximum absolute atomic E-state index is 12.9. The molecule has 1 heterocycles. The average Bonchev–Trinajstić information content (AvgIpc) is 3.39. The number of hydrogen-bond donors (Lipinski definition) is 1. The number of likely N-dealkylation sites (tertiary alicyclic amines) is 1. The molecule has 2 bridgehead atoms. The van der Waals surface area contributed by atoms with Crippen molar-refractivity contribution in [1.29, 1.82) is 0 Å². The highest BCUT2D eigenvalue weighted by atomic mass is 16.5. The number of amides is 2. The number of hydrogen-bond acceptors (Lipinski definition) is 4. The maximum atomic E-state index is 12.9. The van der Waals surface area contributed by atoms with E-state index in [0.717, 1.165) is 5.69 Å². The van der Waals surface area contributed by atoms with E-state index in [4.69, 9.17) is 4.74 Å². The first-order valence-corrected chi connectivity index (χ1v) is 8.61. The highest BCUT2D eigenvalue weighted by molar-refractivity contribution is 6.06. The van der Waals surface area contributed by atoms with Crippen molar-refractivity contribution in [3.05, 3.63) is 36.4 Å². The van der Waals surface area contributed by atoms with E-state index in [1.807, 2.05) is 24.3 Å². The van der Waals surface area contributed by atoms with Gasteiger partial charge in [0, 0.05) is 0 Å². The highest BCUT2D eigenvalue weighted by Crippen LogP contribution is 2.65. The molecule has 0 unspecified atom stereocenters. The molecule has 24 heavy (non-hydrogen) atoms. The normalized spacial score (nSPS) is 38.1. The fourth-order valence-corrected chi connectivity index (χ4v) is 5.13. The molecule has 6 atom stereocenters. The predicted octanol–water partition coefficient (Wildman–Crippen LogP) is 2.12. The van der Waals surface area contributed by atoms with Gasteiger partial charge in [0.25, 0.3) is 0 Å². The first-order valence-electron chi connectivity index (χ1n) is 8.61. The van der Waals surface area contributed by atoms with Gasteiger partial charge in [0.15, 0.2) is 0 Å². The van der Waals surface area contributed by atoms with Crippen molar-refractivity contribution < 1.29 is 14.3 Å². The summed E-state index contributed by atoms with van der Waals surface area (Å²) in [5.41, 5.74) is 0.791. The second-order valence-corrected chi connectivity index (χ2v) is 7.29. The molecular formula is C19H20N2O3. The van der Waals surface area contributed by atoms with Gasteiger partial charge in [-0.25, -0.2) is 0 Å². The molecule has 124 valence electrons. The highest BCUT2D eigenvalue weighted by Gasteiger charge is 2.66. The topological polar surface area (TPSA) is 58.6 Å². The van der Waals surface area contributed by atoms with Crippen LogP contribution in [0.3, 0.4) is 0 Å². The minimum atomic E-state index is -0.129. The number of anilines is 1. The number of allylic oxidation sites excluding steroid dienone is 2. The van der Waals surface area contributed by atoms with Crippen LogP contribution in [0.5, 0.6) is 5.75 Å². The number of nitrogens with zero attached hydrogens (tertiary/aromatic N) is 1. The summed E-state index contributed by atoms with van der Waals surface area (Å²) in [4.78, 5) is 27.2. The van der Waals surface area contributed by atoms with Gasteiger partial charge in [0.1, 0.15) is 5.75 Å². The molecule has 0 radical (unpaired) electrons. The number of carbonyl (C=O) groups is 2. The Morgan fingerprint density at radius 2 is 1.71 bits per heavy atom. The van der Waals surface area contributed by atoms with Crippen LogP contribution in [0.2, 0.25) is 0 Å². The number of para-hydroxylation sites is 2. The molecule has 4 aliphatic carbocycles. The van der Waals surface area contributed by atoms with Crippen LogP contribution in [0.15, 0.2) is 36.4 Å². The zero-order valence-corrected chi connectivity index (χ0v) is 13.5. The third-order valence-electron chi connectivity index (χ3n) is 6.29. The largest absolute Gasteiger partial charge is 0.495 e. The zero-order chi connectivity index (χ0) is 16.4. The second-order valence-electron chi connectivity index (χ2n) is 7.29. The molecule has 5 nitrogen and oxygen atoms in total. The van der Waals surface area contributed by atoms with E-state index in [1.54, 1.807) is 7.11 Å². The summed E-state index contributed by atoms with van der Waals surface area (Å²) in [5.74, 6) is 2.27. The van der Waals surface area contributed by atoms with Gasteiger partial charge in [-0.15, -0.1) is 0 Å². The first kappa shape index (κ1) is 14.1. The van der Waals surface area contributed by atoms with Crippen molar-refractivity contribution in [2.45, 2.75) is 6.42 Å². The van der Waals surface area contributed by atoms with Crippen LogP contribution >= 0.6 is 0 Å². The molecule has 5 aliphatic rings. The summed E-state index contributed by atoms with van der Waals surface area (Å²) in [6.07, 6.45) is 5.58. The van der Waals surface area contributed by atoms with Crippen LogP contribution in [-0.4, -0.2) is 30.5 Å². The van der Waals surface area contributed by atoms with Gasteiger partial charge >= 0.3 is 0 Å². The fraction of sp³-hybridized carbons (Fsp3) is 0.474. The molecular weight excluding hydrogens is 304 g/mol. The molecule has 6 rings (SSSR count). The molecule has 5 heteroatoms. The maximum Gasteiger partial charge on any atom is 0.235 e. The Morgan fingerprint density at radius 3 is 2.33 bits per heavy atom. The monoisotopic (exact) mass is 324 g/mol. The molecule has 0 aromatic heterocycles. The van der Waals surface area contributed by atoms with E-state index in [2.05, 4.69) is 17.5 Å². The Kier molecular flexibility index (Phi) is 2.84. The summed E-state index contributed by atoms with van der Waals surface area (Å²) >= 11 is 0. The lowest BCUT2D eigenvalue weighted by molar-refractivity contribution is -0.139. The summed E-state index contributed by atoms with van der Waals surface area (Å²) in [6, 6.07) is 7.53. The molecule has 1 saturated heterocycles. The van der Waals surface area contributed by atoms with Crippen LogP contribution in [-0.2, 0) is 9.59 Å². The smallest absolute Gasteiger partial charge is 0.235 e. The van der Waals surface area contributed by atoms with E-state index >= 15 is 0 Å². The molecule has 2 saturated carbocycles. The lowest BCUT2D eigenvalue weighted by Crippen LogP contribution is -2.40.